The van der Waals surface area contributed by atoms with Crippen LogP contribution in [0.25, 0.3) is 0 Å². The van der Waals surface area contributed by atoms with Crippen LogP contribution < -0.4 is 0 Å². The summed E-state index contributed by atoms with van der Waals surface area (Å²) in [5, 5.41) is 19.2. The van der Waals surface area contributed by atoms with Crippen molar-refractivity contribution in [3.05, 3.63) is 97.2 Å². The Hall–Kier alpha value is -3.11. The molecular formula is C47H77O10P. The molecule has 0 rings (SSSR count). The Morgan fingerprint density at radius 3 is 1.28 bits per heavy atom. The normalized spacial score (nSPS) is 14.8. The van der Waals surface area contributed by atoms with Crippen molar-refractivity contribution < 1.29 is 47.8 Å². The molecule has 0 aromatic heterocycles. The monoisotopic (exact) mass is 833 g/mol. The van der Waals surface area contributed by atoms with Crippen molar-refractivity contribution in [1.82, 2.24) is 0 Å². The van der Waals surface area contributed by atoms with Crippen molar-refractivity contribution in [2.75, 3.05) is 26.4 Å². The highest BCUT2D eigenvalue weighted by molar-refractivity contribution is 7.47. The number of esters is 2. The van der Waals surface area contributed by atoms with Crippen LogP contribution in [0.5, 0.6) is 0 Å². The summed E-state index contributed by atoms with van der Waals surface area (Å²) in [7, 11) is -4.67. The minimum absolute atomic E-state index is 0.0602. The summed E-state index contributed by atoms with van der Waals surface area (Å²) in [6.45, 7) is 1.95. The lowest BCUT2D eigenvalue weighted by molar-refractivity contribution is -0.153. The number of carbonyl (C=O) groups excluding carboxylic acids is 2. The Bertz CT molecular complexity index is 1280. The first kappa shape index (κ1) is 54.9. The van der Waals surface area contributed by atoms with E-state index in [1.165, 1.54) is 25.7 Å². The van der Waals surface area contributed by atoms with Crippen molar-refractivity contribution in [3.63, 3.8) is 0 Å². The number of unbranched alkanes of at least 4 members (excludes halogenated alkanes) is 9. The number of rotatable bonds is 39. The second-order valence-corrected chi connectivity index (χ2v) is 15.4. The topological polar surface area (TPSA) is 149 Å². The quantitative estimate of drug-likeness (QED) is 0.0236. The number of hydrogen-bond donors (Lipinski definition) is 3. The number of carbonyl (C=O) groups is 2. The molecule has 330 valence electrons. The molecule has 10 nitrogen and oxygen atoms in total. The minimum Gasteiger partial charge on any atom is -0.457 e. The van der Waals surface area contributed by atoms with E-state index < -0.39 is 58.4 Å². The highest BCUT2D eigenvalue weighted by Crippen LogP contribution is 2.43. The molecule has 3 unspecified atom stereocenters. The Morgan fingerprint density at radius 2 is 0.845 bits per heavy atom. The molecule has 11 heteroatoms. The van der Waals surface area contributed by atoms with Gasteiger partial charge in [0, 0.05) is 12.8 Å². The van der Waals surface area contributed by atoms with Gasteiger partial charge in [0.15, 0.2) is 0 Å². The van der Waals surface area contributed by atoms with Gasteiger partial charge in [-0.2, -0.15) is 0 Å². The van der Waals surface area contributed by atoms with Gasteiger partial charge in [0.1, 0.15) is 12.2 Å². The highest BCUT2D eigenvalue weighted by atomic mass is 31.2. The summed E-state index contributed by atoms with van der Waals surface area (Å²) < 4.78 is 32.5. The molecule has 0 saturated carbocycles. The van der Waals surface area contributed by atoms with E-state index in [1.807, 2.05) is 18.2 Å². The molecule has 0 fully saturated rings. The number of hydrogen-bond acceptors (Lipinski definition) is 9. The Labute approximate surface area is 351 Å². The van der Waals surface area contributed by atoms with Gasteiger partial charge in [-0.1, -0.05) is 150 Å². The molecule has 3 atom stereocenters. The average molecular weight is 833 g/mol. The number of phosphoric ester groups is 1. The summed E-state index contributed by atoms with van der Waals surface area (Å²) in [5.74, 6) is -1.13. The zero-order chi connectivity index (χ0) is 42.6. The van der Waals surface area contributed by atoms with Crippen molar-refractivity contribution >= 4 is 19.8 Å². The maximum Gasteiger partial charge on any atom is 0.472 e. The van der Waals surface area contributed by atoms with Crippen LogP contribution in [-0.4, -0.2) is 65.7 Å². The summed E-state index contributed by atoms with van der Waals surface area (Å²) in [5.41, 5.74) is 0. The maximum absolute atomic E-state index is 12.4. The second-order valence-electron chi connectivity index (χ2n) is 13.9. The molecule has 0 amide bonds. The van der Waals surface area contributed by atoms with Gasteiger partial charge in [0.05, 0.1) is 26.4 Å². The fraction of sp³-hybridized carbons (Fsp3) is 0.617. The van der Waals surface area contributed by atoms with Gasteiger partial charge >= 0.3 is 19.8 Å². The van der Waals surface area contributed by atoms with Gasteiger partial charge < -0.3 is 24.6 Å². The van der Waals surface area contributed by atoms with E-state index in [4.69, 9.17) is 18.5 Å². The smallest absolute Gasteiger partial charge is 0.457 e. The second kappa shape index (κ2) is 42.0. The molecule has 0 aromatic carbocycles. The number of aliphatic hydroxyl groups is 2. The largest absolute Gasteiger partial charge is 0.472 e. The van der Waals surface area contributed by atoms with Crippen molar-refractivity contribution in [2.24, 2.45) is 0 Å². The van der Waals surface area contributed by atoms with E-state index in [2.05, 4.69) is 92.8 Å². The summed E-state index contributed by atoms with van der Waals surface area (Å²) in [6.07, 6.45) is 51.0. The first-order valence-electron chi connectivity index (χ1n) is 21.7. The molecule has 0 bridgehead atoms. The fourth-order valence-corrected chi connectivity index (χ4v) is 6.01. The Kier molecular flexibility index (Phi) is 39.8. The number of ether oxygens (including phenoxy) is 2. The van der Waals surface area contributed by atoms with Crippen molar-refractivity contribution in [2.45, 2.75) is 161 Å². The lowest BCUT2D eigenvalue weighted by atomic mass is 10.1. The highest BCUT2D eigenvalue weighted by Gasteiger charge is 2.27. The Morgan fingerprint density at radius 1 is 0.483 bits per heavy atom. The van der Waals surface area contributed by atoms with Crippen LogP contribution in [-0.2, 0) is 32.7 Å². The van der Waals surface area contributed by atoms with Gasteiger partial charge in [-0.3, -0.25) is 18.6 Å². The van der Waals surface area contributed by atoms with Crippen LogP contribution >= 0.6 is 7.82 Å². The van der Waals surface area contributed by atoms with E-state index in [-0.39, 0.29) is 12.8 Å². The third-order valence-electron chi connectivity index (χ3n) is 8.54. The lowest BCUT2D eigenvalue weighted by Gasteiger charge is -2.20. The van der Waals surface area contributed by atoms with Gasteiger partial charge in [-0.15, -0.1) is 0 Å². The lowest BCUT2D eigenvalue weighted by Crippen LogP contribution is -2.28. The average Bonchev–Trinajstić information content (AvgIpc) is 3.21. The van der Waals surface area contributed by atoms with Crippen LogP contribution in [0.1, 0.15) is 149 Å². The van der Waals surface area contributed by atoms with Crippen LogP contribution in [0.15, 0.2) is 97.2 Å². The molecule has 0 aromatic rings. The molecule has 3 N–H and O–H groups in total. The SMILES string of the molecule is CC/C=C\C/C=C\C/C=C\C/C=C\C/C=C\C/C=C\CCC(=O)OC(CO)COP(=O)(O)OCC(CO)OC(=O)CCCCCCC/C=C\C/C=C\CCCCCC. The predicted octanol–water partition coefficient (Wildman–Crippen LogP) is 11.6. The number of aliphatic hydroxyl groups excluding tert-OH is 2. The molecule has 0 aliphatic carbocycles. The summed E-state index contributed by atoms with van der Waals surface area (Å²) in [6, 6.07) is 0. The zero-order valence-electron chi connectivity index (χ0n) is 35.7. The molecule has 0 aliphatic rings. The van der Waals surface area contributed by atoms with Gasteiger partial charge in [0.25, 0.3) is 0 Å². The molecule has 0 aliphatic heterocycles. The van der Waals surface area contributed by atoms with Crippen LogP contribution in [0, 0.1) is 0 Å². The third kappa shape index (κ3) is 39.7. The fourth-order valence-electron chi connectivity index (χ4n) is 5.23. The first-order chi connectivity index (χ1) is 28.3. The summed E-state index contributed by atoms with van der Waals surface area (Å²) in [4.78, 5) is 34.5. The minimum atomic E-state index is -4.67. The van der Waals surface area contributed by atoms with Gasteiger partial charge in [-0.25, -0.2) is 4.57 Å². The number of allylic oxidation sites excluding steroid dienone is 16. The number of phosphoric acid groups is 1. The van der Waals surface area contributed by atoms with E-state index in [0.29, 0.717) is 12.8 Å². The van der Waals surface area contributed by atoms with E-state index in [9.17, 15) is 29.3 Å². The van der Waals surface area contributed by atoms with E-state index in [0.717, 1.165) is 83.5 Å². The van der Waals surface area contributed by atoms with Gasteiger partial charge in [0.2, 0.25) is 0 Å². The van der Waals surface area contributed by atoms with Crippen molar-refractivity contribution in [3.8, 4) is 0 Å². The first-order valence-corrected chi connectivity index (χ1v) is 23.2. The maximum atomic E-state index is 12.4. The standard InChI is InChI=1S/C47H77O10P/c1-3-5-7-9-11-13-15-17-19-21-22-23-25-27-29-31-33-35-37-39-47(51)57-45(41-49)43-55-58(52,53)54-42-44(40-48)56-46(50)38-36-34-32-30-28-26-24-20-18-16-14-12-10-8-6-4-2/h5,7,11,13-14,16-17,19-20,22-24,27,29,33,35,44-45,48-49H,3-4,6,8-10,12,15,18,21,25-26,28,30-32,34,36-43H2,1-2H3,(H,52,53)/b7-5-,13-11-,16-14-,19-17-,23-22-,24-20-,29-27-,35-33-. The molecule has 0 saturated heterocycles. The predicted molar refractivity (Wildman–Crippen MR) is 237 cm³/mol. The summed E-state index contributed by atoms with van der Waals surface area (Å²) >= 11 is 0. The van der Waals surface area contributed by atoms with E-state index in [1.54, 1.807) is 0 Å². The molecular weight excluding hydrogens is 755 g/mol. The zero-order valence-corrected chi connectivity index (χ0v) is 36.6. The van der Waals surface area contributed by atoms with Crippen LogP contribution in [0.2, 0.25) is 0 Å². The van der Waals surface area contributed by atoms with Gasteiger partial charge in [-0.05, 0) is 83.5 Å². The van der Waals surface area contributed by atoms with E-state index >= 15 is 0 Å². The van der Waals surface area contributed by atoms with Crippen LogP contribution in [0.4, 0.5) is 0 Å². The molecule has 0 radical (unpaired) electrons. The molecule has 0 spiro atoms. The van der Waals surface area contributed by atoms with Crippen molar-refractivity contribution in [1.29, 1.82) is 0 Å². The molecule has 0 heterocycles. The third-order valence-corrected chi connectivity index (χ3v) is 9.49. The Balaban J connectivity index is 4.08. The van der Waals surface area contributed by atoms with Crippen LogP contribution in [0.3, 0.4) is 0 Å². The molecule has 58 heavy (non-hydrogen) atoms.